The number of carboxylic acids is 1. The van der Waals surface area contributed by atoms with Gasteiger partial charge in [0.1, 0.15) is 5.69 Å². The number of carbonyl (C=O) groups is 2. The zero-order chi connectivity index (χ0) is 15.1. The lowest BCUT2D eigenvalue weighted by Crippen LogP contribution is -2.33. The predicted molar refractivity (Wildman–Crippen MR) is 76.8 cm³/mol. The van der Waals surface area contributed by atoms with Gasteiger partial charge in [-0.3, -0.25) is 14.0 Å². The number of nitrogens with zero attached hydrogens (tertiary/aromatic N) is 1. The van der Waals surface area contributed by atoms with Crippen molar-refractivity contribution in [2.45, 2.75) is 12.2 Å². The van der Waals surface area contributed by atoms with Crippen LogP contribution in [0.25, 0.3) is 6.08 Å². The van der Waals surface area contributed by atoms with E-state index in [9.17, 15) is 13.8 Å². The molecule has 0 saturated carbocycles. The first-order chi connectivity index (χ1) is 9.40. The third-order valence-corrected chi connectivity index (χ3v) is 3.85. The first-order valence-electron chi connectivity index (χ1n) is 5.87. The van der Waals surface area contributed by atoms with Gasteiger partial charge in [0.2, 0.25) is 0 Å². The van der Waals surface area contributed by atoms with Gasteiger partial charge in [0, 0.05) is 41.1 Å². The van der Waals surface area contributed by atoms with E-state index in [1.54, 1.807) is 19.2 Å². The molecule has 2 N–H and O–H groups in total. The molecule has 2 atom stereocenters. The summed E-state index contributed by atoms with van der Waals surface area (Å²) in [4.78, 5) is 26.1. The van der Waals surface area contributed by atoms with Crippen LogP contribution in [0, 0.1) is 0 Å². The molecule has 0 bridgehead atoms. The highest BCUT2D eigenvalue weighted by Crippen LogP contribution is 2.03. The summed E-state index contributed by atoms with van der Waals surface area (Å²) in [5, 5.41) is 11.0. The van der Waals surface area contributed by atoms with Crippen molar-refractivity contribution in [3.63, 3.8) is 0 Å². The third-order valence-electron chi connectivity index (χ3n) is 2.55. The van der Waals surface area contributed by atoms with Crippen molar-refractivity contribution in [2.75, 3.05) is 12.8 Å². The molecule has 0 spiro atoms. The number of rotatable bonds is 6. The van der Waals surface area contributed by atoms with Crippen LogP contribution in [0.3, 0.4) is 0 Å². The van der Waals surface area contributed by atoms with Crippen LogP contribution in [0.5, 0.6) is 0 Å². The van der Waals surface area contributed by atoms with Gasteiger partial charge in [0.05, 0.1) is 0 Å². The molecule has 0 saturated heterocycles. The van der Waals surface area contributed by atoms with Gasteiger partial charge in [-0.25, -0.2) is 4.79 Å². The lowest BCUT2D eigenvalue weighted by Gasteiger charge is -2.09. The highest BCUT2D eigenvalue weighted by molar-refractivity contribution is 7.84. The van der Waals surface area contributed by atoms with Crippen molar-refractivity contribution in [3.05, 3.63) is 35.7 Å². The lowest BCUT2D eigenvalue weighted by atomic mass is 10.2. The lowest BCUT2D eigenvalue weighted by molar-refractivity contribution is -0.131. The fraction of sp³-hybridized carbons (Fsp3) is 0.308. The zero-order valence-electron chi connectivity index (χ0n) is 11.2. The Morgan fingerprint density at radius 1 is 1.50 bits per heavy atom. The third kappa shape index (κ3) is 5.31. The van der Waals surface area contributed by atoms with E-state index < -0.39 is 16.8 Å². The minimum Gasteiger partial charge on any atom is -0.478 e. The van der Waals surface area contributed by atoms with Gasteiger partial charge >= 0.3 is 5.97 Å². The van der Waals surface area contributed by atoms with Crippen LogP contribution in [0.15, 0.2) is 24.4 Å². The van der Waals surface area contributed by atoms with Crippen LogP contribution < -0.4 is 5.32 Å². The quantitative estimate of drug-likeness (QED) is 0.752. The van der Waals surface area contributed by atoms with Crippen LogP contribution in [0.1, 0.15) is 23.0 Å². The molecule has 0 fully saturated rings. The Bertz CT molecular complexity index is 540. The van der Waals surface area contributed by atoms with E-state index in [0.717, 1.165) is 6.08 Å². The minimum absolute atomic E-state index is 0.128. The van der Waals surface area contributed by atoms with Crippen molar-refractivity contribution >= 4 is 28.8 Å². The molecule has 1 amide bonds. The van der Waals surface area contributed by atoms with Gasteiger partial charge in [-0.2, -0.15) is 0 Å². The monoisotopic (exact) mass is 296 g/mol. The molecule has 0 radical (unpaired) electrons. The maximum Gasteiger partial charge on any atom is 0.328 e. The number of aliphatic carboxylic acids is 1. The van der Waals surface area contributed by atoms with E-state index in [-0.39, 0.29) is 16.9 Å². The molecule has 1 aromatic heterocycles. The van der Waals surface area contributed by atoms with Gasteiger partial charge in [-0.15, -0.1) is 0 Å². The largest absolute Gasteiger partial charge is 0.478 e. The van der Waals surface area contributed by atoms with Gasteiger partial charge in [-0.05, 0) is 24.6 Å². The summed E-state index contributed by atoms with van der Waals surface area (Å²) in [7, 11) is -0.994. The second kappa shape index (κ2) is 7.54. The van der Waals surface area contributed by atoms with Crippen molar-refractivity contribution in [1.82, 2.24) is 10.3 Å². The van der Waals surface area contributed by atoms with Gasteiger partial charge < -0.3 is 10.4 Å². The predicted octanol–water partition coefficient (Wildman–Crippen LogP) is 0.676. The van der Waals surface area contributed by atoms with Crippen LogP contribution in [-0.2, 0) is 15.6 Å². The molecule has 0 aliphatic rings. The van der Waals surface area contributed by atoms with E-state index in [1.165, 1.54) is 18.3 Å². The molecular weight excluding hydrogens is 280 g/mol. The highest BCUT2D eigenvalue weighted by atomic mass is 32.2. The second-order valence-electron chi connectivity index (χ2n) is 4.17. The number of nitrogens with one attached hydrogen (secondary N) is 1. The molecule has 0 aliphatic carbocycles. The Hall–Kier alpha value is -2.02. The normalized spacial score (nSPS) is 13.9. The molecule has 2 unspecified atom stereocenters. The maximum atomic E-state index is 11.8. The molecule has 1 heterocycles. The number of pyridine rings is 1. The molecular formula is C13H16N2O4S. The summed E-state index contributed by atoms with van der Waals surface area (Å²) in [5.74, 6) is -1.40. The summed E-state index contributed by atoms with van der Waals surface area (Å²) in [6.45, 7) is 2.09. The van der Waals surface area contributed by atoms with Crippen molar-refractivity contribution in [1.29, 1.82) is 0 Å². The second-order valence-corrected chi connectivity index (χ2v) is 5.97. The Balaban J connectivity index is 2.62. The first kappa shape index (κ1) is 16.0. The van der Waals surface area contributed by atoms with Gasteiger partial charge in [0.15, 0.2) is 0 Å². The van der Waals surface area contributed by atoms with E-state index in [1.807, 2.05) is 0 Å². The fourth-order valence-electron chi connectivity index (χ4n) is 1.25. The fourth-order valence-corrected chi connectivity index (χ4v) is 1.57. The standard InChI is InChI=1S/C13H16N2O4S/c1-9(20(2)19)7-15-13(18)11-5-3-10(8-14-11)4-6-12(16)17/h3-6,8-9H,7H2,1-2H3,(H,15,18)(H,16,17)/b6-4+. The Labute approximate surface area is 119 Å². The number of hydrogen-bond acceptors (Lipinski definition) is 4. The topological polar surface area (TPSA) is 96.4 Å². The number of aromatic nitrogens is 1. The first-order valence-corrected chi connectivity index (χ1v) is 7.49. The number of carbonyl (C=O) groups excluding carboxylic acids is 1. The SMILES string of the molecule is CC(CNC(=O)c1ccc(/C=C/C(=O)O)cn1)S(C)=O. The molecule has 6 nitrogen and oxygen atoms in total. The molecule has 7 heteroatoms. The average molecular weight is 296 g/mol. The van der Waals surface area contributed by atoms with Gasteiger partial charge in [-0.1, -0.05) is 6.07 Å². The van der Waals surface area contributed by atoms with Crippen LogP contribution in [-0.4, -0.2) is 44.2 Å². The molecule has 0 aliphatic heterocycles. The Morgan fingerprint density at radius 3 is 2.70 bits per heavy atom. The van der Waals surface area contributed by atoms with E-state index in [0.29, 0.717) is 12.1 Å². The number of carboxylic acid groups (broad SMARTS) is 1. The Morgan fingerprint density at radius 2 is 2.20 bits per heavy atom. The van der Waals surface area contributed by atoms with Crippen molar-refractivity contribution in [2.24, 2.45) is 0 Å². The molecule has 1 aromatic rings. The van der Waals surface area contributed by atoms with Crippen molar-refractivity contribution < 1.29 is 18.9 Å². The number of amides is 1. The smallest absolute Gasteiger partial charge is 0.328 e. The molecule has 20 heavy (non-hydrogen) atoms. The van der Waals surface area contributed by atoms with Crippen LogP contribution in [0.4, 0.5) is 0 Å². The summed E-state index contributed by atoms with van der Waals surface area (Å²) in [6, 6.07) is 3.10. The minimum atomic E-state index is -1.05. The zero-order valence-corrected chi connectivity index (χ0v) is 12.0. The van der Waals surface area contributed by atoms with Gasteiger partial charge in [0.25, 0.3) is 5.91 Å². The maximum absolute atomic E-state index is 11.8. The summed E-state index contributed by atoms with van der Waals surface area (Å²) >= 11 is 0. The summed E-state index contributed by atoms with van der Waals surface area (Å²) in [6.07, 6.45) is 5.38. The average Bonchev–Trinajstić information content (AvgIpc) is 2.42. The number of hydrogen-bond donors (Lipinski definition) is 2. The molecule has 1 rings (SSSR count). The summed E-state index contributed by atoms with van der Waals surface area (Å²) in [5.41, 5.74) is 0.818. The molecule has 108 valence electrons. The van der Waals surface area contributed by atoms with Crippen LogP contribution in [0.2, 0.25) is 0 Å². The molecule has 0 aromatic carbocycles. The van der Waals surface area contributed by atoms with Crippen molar-refractivity contribution in [3.8, 4) is 0 Å². The van der Waals surface area contributed by atoms with E-state index >= 15 is 0 Å². The Kier molecular flexibility index (Phi) is 6.05. The highest BCUT2D eigenvalue weighted by Gasteiger charge is 2.10. The van der Waals surface area contributed by atoms with E-state index in [2.05, 4.69) is 10.3 Å². The van der Waals surface area contributed by atoms with Crippen LogP contribution >= 0.6 is 0 Å². The van der Waals surface area contributed by atoms with E-state index in [4.69, 9.17) is 5.11 Å². The summed E-state index contributed by atoms with van der Waals surface area (Å²) < 4.78 is 11.2.